The van der Waals surface area contributed by atoms with Gasteiger partial charge in [0.2, 0.25) is 15.8 Å². The van der Waals surface area contributed by atoms with Crippen LogP contribution >= 0.6 is 0 Å². The summed E-state index contributed by atoms with van der Waals surface area (Å²) >= 11 is 0. The van der Waals surface area contributed by atoms with Crippen molar-refractivity contribution in [1.29, 1.82) is 0 Å². The highest BCUT2D eigenvalue weighted by atomic mass is 32.2. The van der Waals surface area contributed by atoms with E-state index < -0.39 is 15.7 Å². The number of rotatable bonds is 10. The fraction of sp³-hybridized carbons (Fsp3) is 0.267. The van der Waals surface area contributed by atoms with E-state index in [1.54, 1.807) is 26.1 Å². The first kappa shape index (κ1) is 32.9. The third-order valence-corrected chi connectivity index (χ3v) is 8.18. The number of hydrogen-bond acceptors (Lipinski definition) is 11. The zero-order valence-corrected chi connectivity index (χ0v) is 25.2. The summed E-state index contributed by atoms with van der Waals surface area (Å²) in [5.74, 6) is -0.0247. The molecule has 1 fully saturated rings. The van der Waals surface area contributed by atoms with E-state index in [4.69, 9.17) is 4.74 Å². The molecule has 3 aromatic rings. The third kappa shape index (κ3) is 9.45. The molecule has 1 aromatic heterocycles. The largest absolute Gasteiger partial charge is 0.508 e. The summed E-state index contributed by atoms with van der Waals surface area (Å²) in [5, 5.41) is 16.2. The zero-order chi connectivity index (χ0) is 31.4. The molecule has 3 N–H and O–H groups in total. The van der Waals surface area contributed by atoms with Crippen LogP contribution < -0.4 is 15.6 Å². The van der Waals surface area contributed by atoms with Gasteiger partial charge in [0.1, 0.15) is 5.75 Å². The molecule has 0 unspecified atom stereocenters. The number of nitrogens with one attached hydrogen (secondary N) is 2. The minimum absolute atomic E-state index is 0.0722. The molecule has 0 radical (unpaired) electrons. The topological polar surface area (TPSA) is 141 Å². The lowest BCUT2D eigenvalue weighted by atomic mass is 10.1. The summed E-state index contributed by atoms with van der Waals surface area (Å²) in [5.41, 5.74) is 5.71. The number of anilines is 2. The van der Waals surface area contributed by atoms with Crippen LogP contribution in [0.4, 0.5) is 16.2 Å². The van der Waals surface area contributed by atoms with E-state index in [9.17, 15) is 17.9 Å². The minimum Gasteiger partial charge on any atom is -0.508 e. The Kier molecular flexibility index (Phi) is 11.9. The van der Waals surface area contributed by atoms with Crippen molar-refractivity contribution < 1.29 is 22.7 Å². The van der Waals surface area contributed by atoms with Gasteiger partial charge in [-0.2, -0.15) is 10.1 Å². The fourth-order valence-corrected chi connectivity index (χ4v) is 5.47. The Morgan fingerprint density at radius 2 is 1.95 bits per heavy atom. The average Bonchev–Trinajstić information content (AvgIpc) is 3.00. The normalized spacial score (nSPS) is 13.7. The highest BCUT2D eigenvalue weighted by Gasteiger charge is 2.20. The van der Waals surface area contributed by atoms with Gasteiger partial charge in [0.15, 0.2) is 11.6 Å². The van der Waals surface area contributed by atoms with Crippen LogP contribution in [0.1, 0.15) is 18.1 Å². The lowest BCUT2D eigenvalue weighted by Gasteiger charge is -2.27. The van der Waals surface area contributed by atoms with Crippen LogP contribution in [0.3, 0.4) is 0 Å². The first-order valence-electron chi connectivity index (χ1n) is 13.3. The summed E-state index contributed by atoms with van der Waals surface area (Å²) in [6.45, 7) is 13.8. The number of aryl methyl sites for hydroxylation is 1. The van der Waals surface area contributed by atoms with Gasteiger partial charge in [-0.15, -0.1) is 0 Å². The molecule has 1 saturated heterocycles. The van der Waals surface area contributed by atoms with Gasteiger partial charge in [0, 0.05) is 44.8 Å². The van der Waals surface area contributed by atoms with Gasteiger partial charge >= 0.3 is 0 Å². The molecule has 43 heavy (non-hydrogen) atoms. The molecular formula is C30H36FN7O4S. The highest BCUT2D eigenvalue weighted by molar-refractivity contribution is 7.91. The number of halogens is 1. The van der Waals surface area contributed by atoms with Crippen LogP contribution in [0.25, 0.3) is 0 Å². The number of hydrazone groups is 1. The standard InChI is InChI=1S/C21H24N2O3S.C9H12FN5O/c1-15-12-18(14-23-17(3)9-8-16(2)22-4)10-11-21(15)27(25,26)20-7-5-6-19(24)13-20;1-11-14-9-12-6-7(10)8(13-9)15-2-4-16-5-3-15/h5-13,23-24H,3,14H2,1-2,4H3;6H,1-5H2,(H,12,13,14)/b9-8-,22-16?;. The Balaban J connectivity index is 0.000000268. The van der Waals surface area contributed by atoms with Crippen LogP contribution in [-0.2, 0) is 21.1 Å². The summed E-state index contributed by atoms with van der Waals surface area (Å²) < 4.78 is 44.3. The molecule has 0 saturated carbocycles. The molecule has 228 valence electrons. The van der Waals surface area contributed by atoms with Crippen molar-refractivity contribution in [3.63, 3.8) is 0 Å². The van der Waals surface area contributed by atoms with E-state index in [2.05, 4.69) is 44.1 Å². The van der Waals surface area contributed by atoms with Crippen molar-refractivity contribution in [3.8, 4) is 5.75 Å². The van der Waals surface area contributed by atoms with E-state index in [1.807, 2.05) is 30.0 Å². The summed E-state index contributed by atoms with van der Waals surface area (Å²) in [6, 6.07) is 10.9. The summed E-state index contributed by atoms with van der Waals surface area (Å²) in [7, 11) is -1.96. The van der Waals surface area contributed by atoms with Crippen molar-refractivity contribution in [2.24, 2.45) is 10.1 Å². The van der Waals surface area contributed by atoms with E-state index in [0.717, 1.165) is 23.2 Å². The number of sulfone groups is 1. The Bertz CT molecular complexity index is 1600. The van der Waals surface area contributed by atoms with E-state index in [1.165, 1.54) is 24.3 Å². The Morgan fingerprint density at radius 3 is 2.60 bits per heavy atom. The number of aromatic hydroxyl groups is 1. The number of aliphatic imine (C=N–C) groups is 1. The highest BCUT2D eigenvalue weighted by Crippen LogP contribution is 2.27. The second kappa shape index (κ2) is 15.6. The lowest BCUT2D eigenvalue weighted by molar-refractivity contribution is 0.122. The Morgan fingerprint density at radius 1 is 1.21 bits per heavy atom. The number of allylic oxidation sites excluding steroid dienone is 2. The molecule has 2 heterocycles. The number of phenols is 1. The van der Waals surface area contributed by atoms with Crippen molar-refractivity contribution in [3.05, 3.63) is 90.0 Å². The van der Waals surface area contributed by atoms with Crippen LogP contribution in [0.5, 0.6) is 5.75 Å². The third-order valence-electron chi connectivity index (χ3n) is 6.27. The van der Waals surface area contributed by atoms with Gasteiger partial charge in [-0.05, 0) is 61.4 Å². The van der Waals surface area contributed by atoms with E-state index in [-0.39, 0.29) is 27.3 Å². The average molecular weight is 610 g/mol. The number of aromatic nitrogens is 2. The van der Waals surface area contributed by atoms with Crippen molar-refractivity contribution in [2.75, 3.05) is 43.7 Å². The number of benzene rings is 2. The van der Waals surface area contributed by atoms with Crippen LogP contribution in [0.15, 0.2) is 93.0 Å². The molecule has 0 bridgehead atoms. The lowest BCUT2D eigenvalue weighted by Crippen LogP contribution is -2.37. The van der Waals surface area contributed by atoms with Gasteiger partial charge in [0.05, 0.1) is 29.2 Å². The van der Waals surface area contributed by atoms with Crippen molar-refractivity contribution >= 4 is 34.0 Å². The molecule has 2 aromatic carbocycles. The van der Waals surface area contributed by atoms with Gasteiger partial charge in [-0.1, -0.05) is 24.8 Å². The van der Waals surface area contributed by atoms with Crippen molar-refractivity contribution in [1.82, 2.24) is 15.3 Å². The molecule has 0 spiro atoms. The van der Waals surface area contributed by atoms with Crippen LogP contribution in [0.2, 0.25) is 0 Å². The van der Waals surface area contributed by atoms with E-state index >= 15 is 0 Å². The molecular weight excluding hydrogens is 573 g/mol. The zero-order valence-electron chi connectivity index (χ0n) is 24.4. The van der Waals surface area contributed by atoms with Gasteiger partial charge in [-0.3, -0.25) is 4.99 Å². The fourth-order valence-electron chi connectivity index (χ4n) is 3.95. The second-order valence-corrected chi connectivity index (χ2v) is 11.3. The molecule has 0 amide bonds. The Hall–Kier alpha value is -4.62. The summed E-state index contributed by atoms with van der Waals surface area (Å²) in [6.07, 6.45) is 4.83. The monoisotopic (exact) mass is 609 g/mol. The molecule has 0 aliphatic carbocycles. The SMILES string of the molecule is C=C(/C=C\C(C)=NC)NCc1ccc(S(=O)(=O)c2cccc(O)c2)c(C)c1.C=NNc1ncc(F)c(N2CCOCC2)n1. The first-order valence-corrected chi connectivity index (χ1v) is 14.8. The maximum Gasteiger partial charge on any atom is 0.245 e. The maximum atomic E-state index is 13.5. The van der Waals surface area contributed by atoms with Gasteiger partial charge < -0.3 is 20.1 Å². The smallest absolute Gasteiger partial charge is 0.245 e. The van der Waals surface area contributed by atoms with Gasteiger partial charge in [-0.25, -0.2) is 23.2 Å². The maximum absolute atomic E-state index is 13.5. The molecule has 1 aliphatic rings. The molecule has 0 atom stereocenters. The number of nitrogens with zero attached hydrogens (tertiary/aromatic N) is 5. The predicted octanol–water partition coefficient (Wildman–Crippen LogP) is 4.26. The first-order chi connectivity index (χ1) is 20.5. The van der Waals surface area contributed by atoms with Gasteiger partial charge in [0.25, 0.3) is 0 Å². The number of ether oxygens (including phenoxy) is 1. The minimum atomic E-state index is -3.68. The quantitative estimate of drug-likeness (QED) is 0.175. The number of hydrogen-bond donors (Lipinski definition) is 3. The molecule has 4 rings (SSSR count). The van der Waals surface area contributed by atoms with Crippen LogP contribution in [0, 0.1) is 12.7 Å². The predicted molar refractivity (Wildman–Crippen MR) is 167 cm³/mol. The molecule has 11 nitrogen and oxygen atoms in total. The molecule has 13 heteroatoms. The van der Waals surface area contributed by atoms with Crippen LogP contribution in [-0.4, -0.2) is 69.3 Å². The summed E-state index contributed by atoms with van der Waals surface area (Å²) in [4.78, 5) is 13.9. The number of phenolic OH excluding ortho intramolecular Hbond substituents is 1. The van der Waals surface area contributed by atoms with Crippen molar-refractivity contribution in [2.45, 2.75) is 30.2 Å². The molecule has 1 aliphatic heterocycles. The Labute approximate surface area is 251 Å². The number of morpholine rings is 1. The second-order valence-electron chi connectivity index (χ2n) is 9.41. The van der Waals surface area contributed by atoms with E-state index in [0.29, 0.717) is 38.4 Å².